The molecule has 0 fully saturated rings. The molecule has 1 N–H and O–H groups in total. The summed E-state index contributed by atoms with van der Waals surface area (Å²) in [6.45, 7) is 0.841. The van der Waals surface area contributed by atoms with Crippen molar-refractivity contribution >= 4 is 11.8 Å². The molecule has 2 heterocycles. The van der Waals surface area contributed by atoms with E-state index in [1.807, 2.05) is 49.6 Å². The van der Waals surface area contributed by atoms with Gasteiger partial charge in [-0.25, -0.2) is 4.98 Å². The van der Waals surface area contributed by atoms with Crippen LogP contribution < -0.4 is 10.2 Å². The van der Waals surface area contributed by atoms with Crippen LogP contribution in [0.15, 0.2) is 36.8 Å². The van der Waals surface area contributed by atoms with Gasteiger partial charge in [0.1, 0.15) is 5.82 Å². The van der Waals surface area contributed by atoms with Gasteiger partial charge in [-0.3, -0.25) is 4.98 Å². The molecular formula is C13H17N5. The molecule has 0 aliphatic rings. The molecule has 94 valence electrons. The quantitative estimate of drug-likeness (QED) is 0.864. The Morgan fingerprint density at radius 3 is 2.61 bits per heavy atom. The van der Waals surface area contributed by atoms with Crippen LogP contribution in [0.3, 0.4) is 0 Å². The monoisotopic (exact) mass is 243 g/mol. The zero-order valence-corrected chi connectivity index (χ0v) is 10.7. The Bertz CT molecular complexity index is 484. The van der Waals surface area contributed by atoms with E-state index in [1.165, 1.54) is 5.56 Å². The predicted molar refractivity (Wildman–Crippen MR) is 72.8 cm³/mol. The van der Waals surface area contributed by atoms with Gasteiger partial charge >= 0.3 is 0 Å². The molecule has 0 saturated carbocycles. The van der Waals surface area contributed by atoms with Crippen molar-refractivity contribution in [2.75, 3.05) is 30.9 Å². The molecule has 0 atom stereocenters. The standard InChI is InChI=1S/C13H17N5/c1-18(2)13-16-10-6-12(17-13)15-9-5-11-3-7-14-8-4-11/h3-4,6-8,10H,5,9H2,1-2H3,(H,15,16,17). The van der Waals surface area contributed by atoms with Crippen LogP contribution in [-0.2, 0) is 6.42 Å². The third kappa shape index (κ3) is 3.41. The Morgan fingerprint density at radius 1 is 1.11 bits per heavy atom. The van der Waals surface area contributed by atoms with Crippen LogP contribution in [0.5, 0.6) is 0 Å². The maximum Gasteiger partial charge on any atom is 0.226 e. The minimum Gasteiger partial charge on any atom is -0.370 e. The molecule has 0 aliphatic heterocycles. The van der Waals surface area contributed by atoms with E-state index in [1.54, 1.807) is 6.20 Å². The van der Waals surface area contributed by atoms with Crippen LogP contribution in [0.2, 0.25) is 0 Å². The summed E-state index contributed by atoms with van der Waals surface area (Å²) >= 11 is 0. The smallest absolute Gasteiger partial charge is 0.226 e. The summed E-state index contributed by atoms with van der Waals surface area (Å²) in [4.78, 5) is 14.4. The Hall–Kier alpha value is -2.17. The highest BCUT2D eigenvalue weighted by molar-refractivity contribution is 5.40. The Kier molecular flexibility index (Phi) is 4.06. The first-order valence-electron chi connectivity index (χ1n) is 5.89. The number of hydrogen-bond donors (Lipinski definition) is 1. The van der Waals surface area contributed by atoms with Gasteiger partial charge in [-0.15, -0.1) is 0 Å². The molecule has 2 aromatic heterocycles. The molecule has 5 heteroatoms. The van der Waals surface area contributed by atoms with Crippen molar-refractivity contribution in [3.8, 4) is 0 Å². The molecule has 0 saturated heterocycles. The minimum atomic E-state index is 0.712. The lowest BCUT2D eigenvalue weighted by Crippen LogP contribution is -2.14. The molecule has 0 unspecified atom stereocenters. The van der Waals surface area contributed by atoms with Gasteiger partial charge in [0, 0.05) is 39.2 Å². The molecule has 0 amide bonds. The number of aromatic nitrogens is 3. The van der Waals surface area contributed by atoms with E-state index in [9.17, 15) is 0 Å². The number of nitrogens with one attached hydrogen (secondary N) is 1. The highest BCUT2D eigenvalue weighted by Crippen LogP contribution is 2.08. The molecule has 0 spiro atoms. The summed E-state index contributed by atoms with van der Waals surface area (Å²) in [5.74, 6) is 1.56. The van der Waals surface area contributed by atoms with E-state index in [4.69, 9.17) is 0 Å². The predicted octanol–water partition coefficient (Wildman–Crippen LogP) is 1.59. The third-order valence-electron chi connectivity index (χ3n) is 2.51. The second kappa shape index (κ2) is 5.95. The lowest BCUT2D eigenvalue weighted by atomic mass is 10.2. The molecule has 2 rings (SSSR count). The van der Waals surface area contributed by atoms with Crippen LogP contribution in [0.4, 0.5) is 11.8 Å². The number of pyridine rings is 1. The molecule has 0 bridgehead atoms. The van der Waals surface area contributed by atoms with Gasteiger partial charge in [0.05, 0.1) is 0 Å². The van der Waals surface area contributed by atoms with E-state index in [2.05, 4.69) is 20.3 Å². The highest BCUT2D eigenvalue weighted by atomic mass is 15.2. The SMILES string of the molecule is CN(C)c1nccc(NCCc2ccncc2)n1. The third-order valence-corrected chi connectivity index (χ3v) is 2.51. The van der Waals surface area contributed by atoms with Crippen LogP contribution in [0, 0.1) is 0 Å². The van der Waals surface area contributed by atoms with Crippen molar-refractivity contribution in [1.82, 2.24) is 15.0 Å². The first-order chi connectivity index (χ1) is 8.75. The van der Waals surface area contributed by atoms with Crippen molar-refractivity contribution < 1.29 is 0 Å². The summed E-state index contributed by atoms with van der Waals surface area (Å²) in [5.41, 5.74) is 1.26. The average molecular weight is 243 g/mol. The molecule has 5 nitrogen and oxygen atoms in total. The Labute approximate surface area is 107 Å². The Balaban J connectivity index is 1.89. The van der Waals surface area contributed by atoms with Crippen molar-refractivity contribution in [3.63, 3.8) is 0 Å². The first kappa shape index (κ1) is 12.3. The van der Waals surface area contributed by atoms with Crippen LogP contribution >= 0.6 is 0 Å². The average Bonchev–Trinajstić information content (AvgIpc) is 2.40. The summed E-state index contributed by atoms with van der Waals surface area (Å²) < 4.78 is 0. The largest absolute Gasteiger partial charge is 0.370 e. The van der Waals surface area contributed by atoms with E-state index in [0.717, 1.165) is 18.8 Å². The second-order valence-electron chi connectivity index (χ2n) is 4.17. The van der Waals surface area contributed by atoms with Crippen molar-refractivity contribution in [1.29, 1.82) is 0 Å². The van der Waals surface area contributed by atoms with Crippen LogP contribution in [0.1, 0.15) is 5.56 Å². The van der Waals surface area contributed by atoms with Gasteiger partial charge in [-0.1, -0.05) is 0 Å². The fraction of sp³-hybridized carbons (Fsp3) is 0.308. The molecule has 0 aliphatic carbocycles. The van der Waals surface area contributed by atoms with Gasteiger partial charge in [-0.05, 0) is 30.2 Å². The van der Waals surface area contributed by atoms with Crippen molar-refractivity contribution in [3.05, 3.63) is 42.4 Å². The molecule has 0 radical (unpaired) electrons. The summed E-state index contributed by atoms with van der Waals surface area (Å²) in [6.07, 6.45) is 6.33. The minimum absolute atomic E-state index is 0.712. The Morgan fingerprint density at radius 2 is 1.89 bits per heavy atom. The fourth-order valence-corrected chi connectivity index (χ4v) is 1.55. The van der Waals surface area contributed by atoms with Gasteiger partial charge in [0.25, 0.3) is 0 Å². The number of anilines is 2. The molecule has 18 heavy (non-hydrogen) atoms. The lowest BCUT2D eigenvalue weighted by molar-refractivity contribution is 0.967. The number of rotatable bonds is 5. The van der Waals surface area contributed by atoms with E-state index < -0.39 is 0 Å². The van der Waals surface area contributed by atoms with Gasteiger partial charge in [-0.2, -0.15) is 4.98 Å². The lowest BCUT2D eigenvalue weighted by Gasteiger charge is -2.11. The summed E-state index contributed by atoms with van der Waals surface area (Å²) in [6, 6.07) is 5.92. The fourth-order valence-electron chi connectivity index (χ4n) is 1.55. The number of hydrogen-bond acceptors (Lipinski definition) is 5. The van der Waals surface area contributed by atoms with Crippen LogP contribution in [-0.4, -0.2) is 35.6 Å². The first-order valence-corrected chi connectivity index (χ1v) is 5.89. The van der Waals surface area contributed by atoms with Gasteiger partial charge in [0.15, 0.2) is 0 Å². The zero-order chi connectivity index (χ0) is 12.8. The highest BCUT2D eigenvalue weighted by Gasteiger charge is 2.00. The summed E-state index contributed by atoms with van der Waals surface area (Å²) in [5, 5.41) is 3.29. The van der Waals surface area contributed by atoms with Gasteiger partial charge in [0.2, 0.25) is 5.95 Å². The topological polar surface area (TPSA) is 53.9 Å². The van der Waals surface area contributed by atoms with Crippen LogP contribution in [0.25, 0.3) is 0 Å². The number of nitrogens with zero attached hydrogens (tertiary/aromatic N) is 4. The zero-order valence-electron chi connectivity index (χ0n) is 10.7. The molecule has 2 aromatic rings. The van der Waals surface area contributed by atoms with E-state index >= 15 is 0 Å². The van der Waals surface area contributed by atoms with E-state index in [0.29, 0.717) is 5.95 Å². The molecular weight excluding hydrogens is 226 g/mol. The molecule has 0 aromatic carbocycles. The van der Waals surface area contributed by atoms with E-state index in [-0.39, 0.29) is 0 Å². The summed E-state index contributed by atoms with van der Waals surface area (Å²) in [7, 11) is 3.85. The van der Waals surface area contributed by atoms with Crippen molar-refractivity contribution in [2.24, 2.45) is 0 Å². The van der Waals surface area contributed by atoms with Crippen molar-refractivity contribution in [2.45, 2.75) is 6.42 Å². The maximum absolute atomic E-state index is 4.39. The normalized spacial score (nSPS) is 10.1. The maximum atomic E-state index is 4.39. The second-order valence-corrected chi connectivity index (χ2v) is 4.17. The van der Waals surface area contributed by atoms with Gasteiger partial charge < -0.3 is 10.2 Å².